The summed E-state index contributed by atoms with van der Waals surface area (Å²) >= 11 is 18.8. The minimum atomic E-state index is -5.23. The standard InChI is InChI=1S/C7H5F6N.C7H12N4.C7H7NO4.C7H11N.C6H7Br2N.C6H7NO2.C5H5Cl2N.C5H8N2.C5H7N/c8-6(9,10)5(7(11,12)13)3-1-14-2-4(3)5;8-7(9)11-3-6-4-1-10-2-5(4)6;9-5(10)7(6(11)12)3-1-8-2-4(3)7;1-7(2)5-3-8-4-6(5)7;1-5-3-9-2-4(5)6(5,7)8;8-6(9)5-3-1-7-2-4(3)5;6-5(7)3-1-8-2-4(3)5;6-5-3-1-7-2-4(3)5;1-4-2-6-3-5(1)4/h1,3-4H,2H2;1,4-6H,2-3H2,(H4,8,9,11);1,3-4H,2H2,(H,9,10)(H,11,12);3,5-6H,4H2,1-2H3;3-4H,2H2,1H3;1,3-5H,2H2,(H,8,9);1,3-4H,2H2;1,3-5H,2,6H2;2,4-5H,1,3H2/t3-,4+;4-,5+,6+;3-,4+;5-,6+;4-,5+;3-,4+,5+;3-,4+;3-,4+,5+;4-,5+/m111101111/s1. The lowest BCUT2D eigenvalue weighted by Crippen LogP contribution is -2.42. The van der Waals surface area contributed by atoms with Crippen LogP contribution in [0.3, 0.4) is 0 Å². The molecule has 0 saturated heterocycles. The van der Waals surface area contributed by atoms with Gasteiger partial charge >= 0.3 is 30.3 Å². The van der Waals surface area contributed by atoms with Gasteiger partial charge in [0.05, 0.1) is 9.15 Å². The normalized spacial score (nSPS) is 42.9. The highest BCUT2D eigenvalue weighted by molar-refractivity contribution is 9.25. The molecular formula is C55H69Br2Cl2F6N13O6. The zero-order valence-corrected chi connectivity index (χ0v) is 50.7. The summed E-state index contributed by atoms with van der Waals surface area (Å²) in [6.45, 7) is 14.4. The van der Waals surface area contributed by atoms with Gasteiger partial charge in [-0.05, 0) is 41.4 Å². The zero-order valence-electron chi connectivity index (χ0n) is 46.0. The van der Waals surface area contributed by atoms with Gasteiger partial charge in [0.1, 0.15) is 4.33 Å². The molecule has 9 fully saturated rings. The highest BCUT2D eigenvalue weighted by atomic mass is 79.9. The van der Waals surface area contributed by atoms with Gasteiger partial charge in [0, 0.05) is 210 Å². The molecule has 9 saturated carbocycles. The van der Waals surface area contributed by atoms with Crippen LogP contribution >= 0.6 is 55.1 Å². The third kappa shape index (κ3) is 11.4. The first-order valence-corrected chi connectivity index (χ1v) is 30.6. The number of carbonyl (C=O) groups is 3. The van der Waals surface area contributed by atoms with Crippen LogP contribution in [0.15, 0.2) is 44.9 Å². The molecule has 0 unspecified atom stereocenters. The van der Waals surface area contributed by atoms with Gasteiger partial charge in [-0.1, -0.05) is 52.6 Å². The fraction of sp³-hybridized carbons (Fsp3) is 0.764. The largest absolute Gasteiger partial charge is 0.481 e. The van der Waals surface area contributed by atoms with E-state index in [0.717, 1.165) is 94.1 Å². The molecule has 18 rings (SSSR count). The molecule has 18 aliphatic rings. The third-order valence-corrected chi connectivity index (χ3v) is 24.6. The smallest absolute Gasteiger partial charge is 0.404 e. The number of nitrogens with one attached hydrogen (secondary N) is 2. The van der Waals surface area contributed by atoms with Gasteiger partial charge in [0.2, 0.25) is 0 Å². The van der Waals surface area contributed by atoms with Crippen molar-refractivity contribution in [2.75, 3.05) is 65.4 Å². The molecule has 29 heteroatoms. The summed E-state index contributed by atoms with van der Waals surface area (Å²) in [4.78, 5) is 67.6. The number of nitrogens with zero attached hydrogens (tertiary/aromatic N) is 9. The van der Waals surface area contributed by atoms with E-state index in [1.54, 1.807) is 6.21 Å². The number of hydrogen-bond donors (Lipinski definition) is 7. The third-order valence-electron chi connectivity index (χ3n) is 20.8. The Morgan fingerprint density at radius 3 is 1.37 bits per heavy atom. The minimum absolute atomic E-state index is 0.0758. The number of aliphatic imine (C=N–C) groups is 9. The quantitative estimate of drug-likeness (QED) is 0.0505. The lowest BCUT2D eigenvalue weighted by Gasteiger charge is -2.25. The number of fused-ring (bicyclic) bond motifs is 9. The van der Waals surface area contributed by atoms with Crippen LogP contribution in [-0.2, 0) is 14.4 Å². The van der Waals surface area contributed by atoms with Crippen molar-refractivity contribution < 1.29 is 56.0 Å². The summed E-state index contributed by atoms with van der Waals surface area (Å²) in [5, 5.41) is 35.8. The van der Waals surface area contributed by atoms with Crippen LogP contribution in [0.5, 0.6) is 0 Å². The summed E-state index contributed by atoms with van der Waals surface area (Å²) in [6, 6.07) is 0.470. The molecule has 19 nitrogen and oxygen atoms in total. The average molecular weight is 1350 g/mol. The monoisotopic (exact) mass is 1350 g/mol. The number of halogens is 10. The Morgan fingerprint density at radius 2 is 1.14 bits per heavy atom. The lowest BCUT2D eigenvalue weighted by atomic mass is 9.99. The first-order valence-electron chi connectivity index (χ1n) is 28.3. The summed E-state index contributed by atoms with van der Waals surface area (Å²) in [5.74, 6) is 2.52. The second-order valence-corrected chi connectivity index (χ2v) is 30.7. The predicted octanol–water partition coefficient (Wildman–Crippen LogP) is 6.71. The van der Waals surface area contributed by atoms with Gasteiger partial charge in [0.15, 0.2) is 16.8 Å². The van der Waals surface area contributed by atoms with Gasteiger partial charge in [0.25, 0.3) is 0 Å². The van der Waals surface area contributed by atoms with Crippen molar-refractivity contribution in [2.24, 2.45) is 190 Å². The van der Waals surface area contributed by atoms with Crippen LogP contribution < -0.4 is 16.8 Å². The average Bonchev–Trinajstić information content (AvgIpc) is 1.54. The molecule has 0 bridgehead atoms. The van der Waals surface area contributed by atoms with E-state index in [4.69, 9.17) is 55.4 Å². The van der Waals surface area contributed by atoms with E-state index in [2.05, 4.69) is 122 Å². The van der Waals surface area contributed by atoms with Crippen LogP contribution in [0, 0.1) is 140 Å². The topological polar surface area (TPSA) is 311 Å². The van der Waals surface area contributed by atoms with Gasteiger partial charge in [-0.2, -0.15) is 26.3 Å². The molecule has 9 heterocycles. The van der Waals surface area contributed by atoms with Crippen molar-refractivity contribution in [3.63, 3.8) is 0 Å². The highest BCUT2D eigenvalue weighted by Crippen LogP contribution is 2.75. The molecule has 9 N–H and O–H groups in total. The molecule has 9 aliphatic heterocycles. The Bertz CT molecular complexity index is 2840. The SMILES string of the molecule is C1=NC[C@@H]2C[C@H]12.CC1(C)[C@@H]2C=NC[C@@H]21.C[C@@]12C=NC[C@@H]1C2(Br)Br.ClC1(Cl)[C@@H]2C=NC[C@@H]21.FC(F)(F)C1(C(F)(F)F)[C@@H]2C=NC[C@@H]21.N=C(N)NC[C@H]1[C@@H]2C=NC[C@@H]21.N[C@H]1[C@@H]2C=NC[C@H]12.O=C(O)C1(C(=O)O)[C@@H]2C=NC[C@@H]21.O=C(O)[C@H]1[C@@H]2C=NC[C@@H]21. The Labute approximate surface area is 508 Å². The number of nitrogens with two attached hydrogens (primary N) is 2. The molecule has 0 aromatic heterocycles. The number of carboxylic acid groups (broad SMARTS) is 3. The van der Waals surface area contributed by atoms with Crippen LogP contribution in [0.4, 0.5) is 26.3 Å². The maximum atomic E-state index is 12.3. The molecule has 0 spiro atoms. The van der Waals surface area contributed by atoms with Crippen molar-refractivity contribution in [3.8, 4) is 0 Å². The second-order valence-electron chi connectivity index (χ2n) is 25.7. The van der Waals surface area contributed by atoms with E-state index in [1.807, 2.05) is 18.6 Å². The first kappa shape index (κ1) is 62.8. The molecule has 460 valence electrons. The van der Waals surface area contributed by atoms with Crippen molar-refractivity contribution in [2.45, 2.75) is 53.2 Å². The molecule has 84 heavy (non-hydrogen) atoms. The molecule has 0 aromatic rings. The van der Waals surface area contributed by atoms with Crippen molar-refractivity contribution >= 4 is 135 Å². The maximum Gasteiger partial charge on any atom is 0.404 e. The summed E-state index contributed by atoms with van der Waals surface area (Å²) in [5.41, 5.74) is 6.58. The lowest BCUT2D eigenvalue weighted by molar-refractivity contribution is -0.308. The van der Waals surface area contributed by atoms with E-state index in [1.165, 1.54) is 12.6 Å². The second kappa shape index (κ2) is 22.4. The molecule has 21 atom stereocenters. The minimum Gasteiger partial charge on any atom is -0.481 e. The number of rotatable bonds is 5. The van der Waals surface area contributed by atoms with Crippen molar-refractivity contribution in [3.05, 3.63) is 0 Å². The van der Waals surface area contributed by atoms with Crippen LogP contribution in [-0.4, -0.2) is 187 Å². The van der Waals surface area contributed by atoms with Gasteiger partial charge < -0.3 is 32.1 Å². The molecular weight excluding hydrogens is 1280 g/mol. The van der Waals surface area contributed by atoms with Crippen molar-refractivity contribution in [1.82, 2.24) is 5.32 Å². The van der Waals surface area contributed by atoms with E-state index in [0.29, 0.717) is 64.8 Å². The Morgan fingerprint density at radius 1 is 0.631 bits per heavy atom. The van der Waals surface area contributed by atoms with Gasteiger partial charge in [-0.15, -0.1) is 23.2 Å². The molecule has 0 amide bonds. The molecule has 0 aromatic carbocycles. The number of hydrogen-bond acceptors (Lipinski definition) is 14. The Balaban J connectivity index is 0.000000106. The fourth-order valence-corrected chi connectivity index (χ4v) is 16.4. The number of guanidine groups is 1. The summed E-state index contributed by atoms with van der Waals surface area (Å²) in [7, 11) is 0. The molecule has 9 aliphatic carbocycles. The van der Waals surface area contributed by atoms with Gasteiger partial charge in [-0.25, -0.2) is 0 Å². The molecule has 0 radical (unpaired) electrons. The van der Waals surface area contributed by atoms with E-state index in [-0.39, 0.29) is 39.4 Å². The Hall–Kier alpha value is -4.21. The first-order chi connectivity index (χ1) is 39.3. The van der Waals surface area contributed by atoms with Crippen molar-refractivity contribution in [1.29, 1.82) is 5.41 Å². The zero-order chi connectivity index (χ0) is 61.1. The van der Waals surface area contributed by atoms with Crippen LogP contribution in [0.2, 0.25) is 0 Å². The predicted molar refractivity (Wildman–Crippen MR) is 316 cm³/mol. The summed E-state index contributed by atoms with van der Waals surface area (Å²) in [6.07, 6.45) is 7.18. The van der Waals surface area contributed by atoms with E-state index in [9.17, 15) is 40.7 Å². The highest BCUT2D eigenvalue weighted by Gasteiger charge is 2.89. The maximum absolute atomic E-state index is 12.3. The van der Waals surface area contributed by atoms with E-state index < -0.39 is 57.3 Å². The summed E-state index contributed by atoms with van der Waals surface area (Å²) < 4.78 is 73.7. The fourth-order valence-electron chi connectivity index (χ4n) is 13.9. The van der Waals surface area contributed by atoms with Crippen LogP contribution in [0.1, 0.15) is 27.2 Å². The number of carboxylic acids is 3. The van der Waals surface area contributed by atoms with E-state index >= 15 is 0 Å². The van der Waals surface area contributed by atoms with Crippen LogP contribution in [0.25, 0.3) is 0 Å². The van der Waals surface area contributed by atoms with Gasteiger partial charge in [-0.3, -0.25) is 64.7 Å². The number of alkyl halides is 10. The number of aliphatic carboxylic acids is 3. The Kier molecular flexibility index (Phi) is 16.8.